The first-order valence-corrected chi connectivity index (χ1v) is 14.2. The number of ether oxygens (including phenoxy) is 3. The molecule has 3 N–H and O–H groups in total. The second kappa shape index (κ2) is 13.3. The van der Waals surface area contributed by atoms with Crippen molar-refractivity contribution in [2.24, 2.45) is 5.92 Å². The van der Waals surface area contributed by atoms with Crippen LogP contribution < -0.4 is 15.8 Å². The smallest absolute Gasteiger partial charge is 0.306 e. The molecule has 5 rings (SSSR count). The zero-order valence-corrected chi connectivity index (χ0v) is 23.3. The number of nitrogen functional groups attached to an aromatic ring is 1. The van der Waals surface area contributed by atoms with E-state index in [1.807, 2.05) is 0 Å². The second-order valence-corrected chi connectivity index (χ2v) is 11.2. The van der Waals surface area contributed by atoms with Gasteiger partial charge in [-0.3, -0.25) is 19.4 Å². The molecule has 4 aliphatic rings. The first-order chi connectivity index (χ1) is 17.4. The minimum atomic E-state index is -0.199. The van der Waals surface area contributed by atoms with Crippen molar-refractivity contribution >= 4 is 40.2 Å². The van der Waals surface area contributed by atoms with Gasteiger partial charge in [-0.05, 0) is 79.9 Å². The number of anilines is 1. The zero-order valence-electron chi connectivity index (χ0n) is 21.2. The number of hydrogen-bond acceptors (Lipinski definition) is 8. The number of piperidine rings is 3. The maximum Gasteiger partial charge on any atom is 0.306 e. The van der Waals surface area contributed by atoms with Gasteiger partial charge in [-0.1, -0.05) is 6.42 Å². The lowest BCUT2D eigenvalue weighted by Crippen LogP contribution is -2.51. The van der Waals surface area contributed by atoms with Crippen LogP contribution in [0.5, 0.6) is 5.75 Å². The number of benzene rings is 1. The van der Waals surface area contributed by atoms with Crippen LogP contribution in [0.3, 0.4) is 0 Å². The molecule has 0 aromatic heterocycles. The Kier molecular flexibility index (Phi) is 10.1. The summed E-state index contributed by atoms with van der Waals surface area (Å²) in [6.07, 6.45) is 5.79. The van der Waals surface area contributed by atoms with Gasteiger partial charge in [0.25, 0.3) is 5.91 Å². The highest BCUT2D eigenvalue weighted by Crippen LogP contribution is 2.30. The molecule has 4 aliphatic heterocycles. The predicted octanol–water partition coefficient (Wildman–Crippen LogP) is 2.51. The molecule has 0 saturated carbocycles. The first kappa shape index (κ1) is 27.4. The van der Waals surface area contributed by atoms with Gasteiger partial charge < -0.3 is 25.3 Å². The standard InChI is InChI=1S/C26H39IN4O5/c1-34-23-14-22(28)21(27)13-20(23)26(33)29-15-19-16-30(11-12-35-19)8-4-2-3-5-25(32)36-24-17-31-9-6-18(24)7-10-31/h13-14,18-19,24H,2-12,15-17,28H2,1H3,(H,29,33)/t19-,24?/m0/s1. The number of rotatable bonds is 11. The average molecular weight is 615 g/mol. The van der Waals surface area contributed by atoms with Gasteiger partial charge in [0.05, 0.1) is 25.4 Å². The summed E-state index contributed by atoms with van der Waals surface area (Å²) in [5, 5.41) is 2.97. The highest BCUT2D eigenvalue weighted by atomic mass is 127. The van der Waals surface area contributed by atoms with Crippen LogP contribution in [-0.4, -0.2) is 93.4 Å². The summed E-state index contributed by atoms with van der Waals surface area (Å²) in [6, 6.07) is 3.41. The van der Waals surface area contributed by atoms with Gasteiger partial charge >= 0.3 is 5.97 Å². The summed E-state index contributed by atoms with van der Waals surface area (Å²) in [6.45, 7) is 6.94. The van der Waals surface area contributed by atoms with Crippen LogP contribution in [0.1, 0.15) is 48.9 Å². The maximum absolute atomic E-state index is 12.7. The molecule has 10 heteroatoms. The molecule has 1 aromatic rings. The molecule has 4 heterocycles. The van der Waals surface area contributed by atoms with Crippen LogP contribution in [-0.2, 0) is 14.3 Å². The summed E-state index contributed by atoms with van der Waals surface area (Å²) in [7, 11) is 1.53. The minimum Gasteiger partial charge on any atom is -0.496 e. The molecular weight excluding hydrogens is 575 g/mol. The Morgan fingerprint density at radius 2 is 1.97 bits per heavy atom. The molecule has 4 fully saturated rings. The van der Waals surface area contributed by atoms with Gasteiger partial charge in [0, 0.05) is 47.9 Å². The largest absolute Gasteiger partial charge is 0.496 e. The number of hydrogen-bond donors (Lipinski definition) is 2. The van der Waals surface area contributed by atoms with E-state index >= 15 is 0 Å². The quantitative estimate of drug-likeness (QED) is 0.170. The third kappa shape index (κ3) is 7.45. The lowest BCUT2D eigenvalue weighted by Gasteiger charge is -2.43. The normalized spacial score (nSPS) is 25.9. The second-order valence-electron chi connectivity index (χ2n) is 10.1. The number of halogens is 1. The average Bonchev–Trinajstić information content (AvgIpc) is 2.89. The number of methoxy groups -OCH3 is 1. The topological polar surface area (TPSA) is 106 Å². The molecule has 0 spiro atoms. The number of unbranched alkanes of at least 4 members (excludes halogenated alkanes) is 2. The van der Waals surface area contributed by atoms with E-state index in [2.05, 4.69) is 37.7 Å². The Balaban J connectivity index is 1.11. The molecule has 2 atom stereocenters. The number of nitrogens with zero attached hydrogens (tertiary/aromatic N) is 2. The number of nitrogens with two attached hydrogens (primary N) is 1. The summed E-state index contributed by atoms with van der Waals surface area (Å²) in [5.41, 5.74) is 6.98. The Morgan fingerprint density at radius 3 is 2.69 bits per heavy atom. The van der Waals surface area contributed by atoms with E-state index in [1.165, 1.54) is 7.11 Å². The molecule has 0 radical (unpaired) electrons. The van der Waals surface area contributed by atoms with Crippen LogP contribution >= 0.6 is 22.6 Å². The number of carbonyl (C=O) groups excluding carboxylic acids is 2. The Labute approximate surface area is 227 Å². The highest BCUT2D eigenvalue weighted by Gasteiger charge is 2.36. The van der Waals surface area contributed by atoms with Crippen LogP contribution in [0.25, 0.3) is 0 Å². The van der Waals surface area contributed by atoms with E-state index in [0.717, 1.165) is 74.9 Å². The number of carbonyl (C=O) groups is 2. The van der Waals surface area contributed by atoms with E-state index < -0.39 is 0 Å². The molecule has 2 bridgehead atoms. The van der Waals surface area contributed by atoms with Crippen molar-refractivity contribution < 1.29 is 23.8 Å². The van der Waals surface area contributed by atoms with E-state index in [1.54, 1.807) is 12.1 Å². The van der Waals surface area contributed by atoms with E-state index in [0.29, 0.717) is 42.5 Å². The van der Waals surface area contributed by atoms with E-state index in [4.69, 9.17) is 19.9 Å². The number of amides is 1. The van der Waals surface area contributed by atoms with Crippen LogP contribution in [0.15, 0.2) is 12.1 Å². The molecule has 1 unspecified atom stereocenters. The molecular formula is C26H39IN4O5. The SMILES string of the molecule is COc1cc(N)c(I)cc1C(=O)NC[C@H]1CN(CCCCCC(=O)OC2CN3CCC2CC3)CCO1. The Morgan fingerprint density at radius 1 is 1.17 bits per heavy atom. The number of fused-ring (bicyclic) bond motifs is 3. The predicted molar refractivity (Wildman–Crippen MR) is 146 cm³/mol. The molecule has 1 aromatic carbocycles. The Bertz CT molecular complexity index is 909. The zero-order chi connectivity index (χ0) is 25.5. The van der Waals surface area contributed by atoms with Gasteiger partial charge in [0.1, 0.15) is 11.9 Å². The number of esters is 1. The van der Waals surface area contributed by atoms with Crippen molar-refractivity contribution in [3.05, 3.63) is 21.3 Å². The maximum atomic E-state index is 12.7. The van der Waals surface area contributed by atoms with Crippen molar-refractivity contribution in [1.29, 1.82) is 0 Å². The third-order valence-electron chi connectivity index (χ3n) is 7.51. The fraction of sp³-hybridized carbons (Fsp3) is 0.692. The fourth-order valence-electron chi connectivity index (χ4n) is 5.38. The molecule has 4 saturated heterocycles. The fourth-order valence-corrected chi connectivity index (χ4v) is 5.84. The summed E-state index contributed by atoms with van der Waals surface area (Å²) < 4.78 is 17.8. The van der Waals surface area contributed by atoms with Gasteiger partial charge in [0.15, 0.2) is 0 Å². The van der Waals surface area contributed by atoms with Crippen LogP contribution in [0, 0.1) is 9.49 Å². The van der Waals surface area contributed by atoms with Crippen molar-refractivity contribution in [2.45, 2.75) is 50.7 Å². The highest BCUT2D eigenvalue weighted by molar-refractivity contribution is 14.1. The van der Waals surface area contributed by atoms with Crippen LogP contribution in [0.2, 0.25) is 0 Å². The van der Waals surface area contributed by atoms with Crippen LogP contribution in [0.4, 0.5) is 5.69 Å². The van der Waals surface area contributed by atoms with Gasteiger partial charge in [0.2, 0.25) is 0 Å². The molecule has 1 amide bonds. The Hall–Kier alpha value is -1.63. The summed E-state index contributed by atoms with van der Waals surface area (Å²) in [5.74, 6) is 0.790. The lowest BCUT2D eigenvalue weighted by atomic mass is 9.86. The van der Waals surface area contributed by atoms with Crippen molar-refractivity contribution in [3.63, 3.8) is 0 Å². The van der Waals surface area contributed by atoms with Crippen molar-refractivity contribution in [3.8, 4) is 5.75 Å². The van der Waals surface area contributed by atoms with Crippen molar-refractivity contribution in [1.82, 2.24) is 15.1 Å². The molecule has 0 aliphatic carbocycles. The third-order valence-corrected chi connectivity index (χ3v) is 8.45. The molecule has 200 valence electrons. The lowest BCUT2D eigenvalue weighted by molar-refractivity contribution is -0.158. The van der Waals surface area contributed by atoms with Gasteiger partial charge in [-0.2, -0.15) is 0 Å². The van der Waals surface area contributed by atoms with Gasteiger partial charge in [-0.25, -0.2) is 0 Å². The summed E-state index contributed by atoms with van der Waals surface area (Å²) >= 11 is 2.11. The number of nitrogens with one attached hydrogen (secondary N) is 1. The minimum absolute atomic E-state index is 0.0386. The van der Waals surface area contributed by atoms with Gasteiger partial charge in [-0.15, -0.1) is 0 Å². The van der Waals surface area contributed by atoms with E-state index in [-0.39, 0.29) is 24.1 Å². The monoisotopic (exact) mass is 614 g/mol. The molecule has 36 heavy (non-hydrogen) atoms. The summed E-state index contributed by atoms with van der Waals surface area (Å²) in [4.78, 5) is 29.8. The van der Waals surface area contributed by atoms with E-state index in [9.17, 15) is 9.59 Å². The first-order valence-electron chi connectivity index (χ1n) is 13.1. The van der Waals surface area contributed by atoms with Crippen molar-refractivity contribution in [2.75, 3.05) is 65.3 Å². The number of morpholine rings is 1. The molecule has 9 nitrogen and oxygen atoms in total.